The van der Waals surface area contributed by atoms with Crippen molar-refractivity contribution in [2.75, 3.05) is 11.6 Å². The van der Waals surface area contributed by atoms with E-state index in [4.69, 9.17) is 4.74 Å². The maximum atomic E-state index is 12.6. The van der Waals surface area contributed by atoms with Crippen LogP contribution in [0.3, 0.4) is 0 Å². The third kappa shape index (κ3) is 3.45. The summed E-state index contributed by atoms with van der Waals surface area (Å²) in [5, 5.41) is 1.25. The molecule has 1 heterocycles. The second-order valence-electron chi connectivity index (χ2n) is 5.61. The van der Waals surface area contributed by atoms with Crippen molar-refractivity contribution in [1.82, 2.24) is 5.43 Å². The zero-order chi connectivity index (χ0) is 17.8. The van der Waals surface area contributed by atoms with E-state index in [0.29, 0.717) is 23.6 Å². The Bertz CT molecular complexity index is 853. The molecular weight excluding hydrogens is 316 g/mol. The normalized spacial score (nSPS) is 15.4. The Hall–Kier alpha value is -3.34. The summed E-state index contributed by atoms with van der Waals surface area (Å²) in [6.07, 6.45) is 3.18. The molecule has 0 spiro atoms. The standard InChI is InChI=1S/C20H18N2O3/c1-3-12-25-18-7-5-4-6-15(18)13-17-19(23)21-22(20(17)24)16-10-8-14(2)9-11-16/h3-11,13H,1,12H2,2H3,(H,21,23)/b17-13+. The van der Waals surface area contributed by atoms with E-state index >= 15 is 0 Å². The van der Waals surface area contributed by atoms with Gasteiger partial charge < -0.3 is 4.74 Å². The van der Waals surface area contributed by atoms with E-state index in [9.17, 15) is 9.59 Å². The highest BCUT2D eigenvalue weighted by Crippen LogP contribution is 2.25. The van der Waals surface area contributed by atoms with Crippen LogP contribution in [0.15, 0.2) is 66.8 Å². The molecule has 1 aliphatic heterocycles. The van der Waals surface area contributed by atoms with Crippen LogP contribution in [0.2, 0.25) is 0 Å². The lowest BCUT2D eigenvalue weighted by molar-refractivity contribution is -0.117. The highest BCUT2D eigenvalue weighted by Gasteiger charge is 2.34. The average Bonchev–Trinajstić information content (AvgIpc) is 2.90. The van der Waals surface area contributed by atoms with Gasteiger partial charge in [-0.1, -0.05) is 48.6 Å². The third-order valence-electron chi connectivity index (χ3n) is 3.76. The van der Waals surface area contributed by atoms with E-state index in [0.717, 1.165) is 5.56 Å². The number of hydrogen-bond donors (Lipinski definition) is 1. The first-order chi connectivity index (χ1) is 12.1. The van der Waals surface area contributed by atoms with Crippen molar-refractivity contribution < 1.29 is 14.3 Å². The van der Waals surface area contributed by atoms with Crippen LogP contribution in [-0.4, -0.2) is 18.4 Å². The number of carbonyl (C=O) groups excluding carboxylic acids is 2. The molecular formula is C20H18N2O3. The summed E-state index contributed by atoms with van der Waals surface area (Å²) >= 11 is 0. The Morgan fingerprint density at radius 1 is 1.12 bits per heavy atom. The molecule has 1 aliphatic rings. The number of para-hydroxylation sites is 1. The monoisotopic (exact) mass is 334 g/mol. The van der Waals surface area contributed by atoms with Crippen molar-refractivity contribution in [2.24, 2.45) is 0 Å². The van der Waals surface area contributed by atoms with Gasteiger partial charge in [0.15, 0.2) is 0 Å². The van der Waals surface area contributed by atoms with Crippen molar-refractivity contribution in [1.29, 1.82) is 0 Å². The molecule has 0 aromatic heterocycles. The summed E-state index contributed by atoms with van der Waals surface area (Å²) in [7, 11) is 0. The largest absolute Gasteiger partial charge is 0.489 e. The lowest BCUT2D eigenvalue weighted by Crippen LogP contribution is -2.35. The minimum absolute atomic E-state index is 0.0650. The maximum absolute atomic E-state index is 12.6. The molecule has 1 N–H and O–H groups in total. The van der Waals surface area contributed by atoms with E-state index in [1.165, 1.54) is 5.01 Å². The summed E-state index contributed by atoms with van der Waals surface area (Å²) in [6, 6.07) is 14.6. The first-order valence-corrected chi connectivity index (χ1v) is 7.86. The molecule has 5 nitrogen and oxygen atoms in total. The zero-order valence-corrected chi connectivity index (χ0v) is 13.9. The van der Waals surface area contributed by atoms with E-state index < -0.39 is 11.8 Å². The number of amides is 2. The SMILES string of the molecule is C=CCOc1ccccc1/C=C1\C(=O)NN(c2ccc(C)cc2)C1=O. The van der Waals surface area contributed by atoms with Gasteiger partial charge in [0, 0.05) is 5.56 Å². The fraction of sp³-hybridized carbons (Fsp3) is 0.100. The number of rotatable bonds is 5. The Morgan fingerprint density at radius 2 is 1.84 bits per heavy atom. The van der Waals surface area contributed by atoms with Crippen molar-refractivity contribution in [3.05, 3.63) is 77.9 Å². The quantitative estimate of drug-likeness (QED) is 0.519. The number of aryl methyl sites for hydroxylation is 1. The number of nitrogens with one attached hydrogen (secondary N) is 1. The summed E-state index contributed by atoms with van der Waals surface area (Å²) in [5.74, 6) is -0.249. The number of hydrogen-bond acceptors (Lipinski definition) is 3. The van der Waals surface area contributed by atoms with Gasteiger partial charge >= 0.3 is 0 Å². The zero-order valence-electron chi connectivity index (χ0n) is 13.9. The first-order valence-electron chi connectivity index (χ1n) is 7.86. The van der Waals surface area contributed by atoms with Crippen LogP contribution in [0.25, 0.3) is 6.08 Å². The summed E-state index contributed by atoms with van der Waals surface area (Å²) in [5.41, 5.74) is 5.01. The van der Waals surface area contributed by atoms with Crippen LogP contribution < -0.4 is 15.2 Å². The van der Waals surface area contributed by atoms with E-state index in [-0.39, 0.29) is 5.57 Å². The number of ether oxygens (including phenoxy) is 1. The van der Waals surface area contributed by atoms with Crippen molar-refractivity contribution in [2.45, 2.75) is 6.92 Å². The lowest BCUT2D eigenvalue weighted by atomic mass is 10.1. The Labute approximate surface area is 146 Å². The van der Waals surface area contributed by atoms with Crippen molar-refractivity contribution in [3.63, 3.8) is 0 Å². The number of anilines is 1. The molecule has 3 rings (SSSR count). The molecule has 25 heavy (non-hydrogen) atoms. The van der Waals surface area contributed by atoms with Gasteiger partial charge in [-0.05, 0) is 31.2 Å². The highest BCUT2D eigenvalue weighted by atomic mass is 16.5. The fourth-order valence-corrected chi connectivity index (χ4v) is 2.47. The molecule has 126 valence electrons. The summed E-state index contributed by atoms with van der Waals surface area (Å²) in [6.45, 7) is 5.92. The molecule has 0 bridgehead atoms. The van der Waals surface area contributed by atoms with Crippen molar-refractivity contribution >= 4 is 23.6 Å². The molecule has 1 saturated heterocycles. The Kier molecular flexibility index (Phi) is 4.66. The van der Waals surface area contributed by atoms with Gasteiger partial charge in [0.2, 0.25) is 0 Å². The minimum Gasteiger partial charge on any atom is -0.489 e. The topological polar surface area (TPSA) is 58.6 Å². The first kappa shape index (κ1) is 16.5. The molecule has 1 fully saturated rings. The minimum atomic E-state index is -0.441. The molecule has 0 unspecified atom stereocenters. The number of benzene rings is 2. The second-order valence-corrected chi connectivity index (χ2v) is 5.61. The molecule has 2 aromatic carbocycles. The third-order valence-corrected chi connectivity index (χ3v) is 3.76. The molecule has 0 saturated carbocycles. The predicted molar refractivity (Wildman–Crippen MR) is 96.9 cm³/mol. The smallest absolute Gasteiger partial charge is 0.282 e. The van der Waals surface area contributed by atoms with Gasteiger partial charge in [-0.15, -0.1) is 0 Å². The van der Waals surface area contributed by atoms with E-state index in [1.807, 2.05) is 31.2 Å². The predicted octanol–water partition coefficient (Wildman–Crippen LogP) is 3.02. The second kappa shape index (κ2) is 7.05. The van der Waals surface area contributed by atoms with Gasteiger partial charge in [0.1, 0.15) is 17.9 Å². The van der Waals surface area contributed by atoms with Crippen LogP contribution in [0.4, 0.5) is 5.69 Å². The van der Waals surface area contributed by atoms with Crippen LogP contribution in [-0.2, 0) is 9.59 Å². The molecule has 2 amide bonds. The highest BCUT2D eigenvalue weighted by molar-refractivity contribution is 6.31. The summed E-state index contributed by atoms with van der Waals surface area (Å²) in [4.78, 5) is 24.9. The summed E-state index contributed by atoms with van der Waals surface area (Å²) < 4.78 is 5.57. The van der Waals surface area contributed by atoms with Gasteiger partial charge in [0.25, 0.3) is 11.8 Å². The van der Waals surface area contributed by atoms with Gasteiger partial charge in [-0.2, -0.15) is 0 Å². The number of carbonyl (C=O) groups is 2. The van der Waals surface area contributed by atoms with Crippen LogP contribution in [0, 0.1) is 6.92 Å². The molecule has 0 aliphatic carbocycles. The van der Waals surface area contributed by atoms with Gasteiger partial charge in [-0.25, -0.2) is 5.01 Å². The van der Waals surface area contributed by atoms with E-state index in [1.54, 1.807) is 36.4 Å². The average molecular weight is 334 g/mol. The van der Waals surface area contributed by atoms with Crippen molar-refractivity contribution in [3.8, 4) is 5.75 Å². The van der Waals surface area contributed by atoms with Crippen LogP contribution >= 0.6 is 0 Å². The van der Waals surface area contributed by atoms with Crippen LogP contribution in [0.1, 0.15) is 11.1 Å². The number of nitrogens with zero attached hydrogens (tertiary/aromatic N) is 1. The van der Waals surface area contributed by atoms with E-state index in [2.05, 4.69) is 12.0 Å². The Morgan fingerprint density at radius 3 is 2.56 bits per heavy atom. The maximum Gasteiger partial charge on any atom is 0.282 e. The van der Waals surface area contributed by atoms with Crippen LogP contribution in [0.5, 0.6) is 5.75 Å². The molecule has 5 heteroatoms. The molecule has 2 aromatic rings. The molecule has 0 radical (unpaired) electrons. The lowest BCUT2D eigenvalue weighted by Gasteiger charge is -2.14. The van der Waals surface area contributed by atoms with Gasteiger partial charge in [0.05, 0.1) is 5.69 Å². The molecule has 0 atom stereocenters. The number of hydrazine groups is 1. The Balaban J connectivity index is 1.91. The van der Waals surface area contributed by atoms with Gasteiger partial charge in [-0.3, -0.25) is 15.0 Å². The fourth-order valence-electron chi connectivity index (χ4n) is 2.47.